The number of hydrogen-bond donors (Lipinski definition) is 0. The van der Waals surface area contributed by atoms with Gasteiger partial charge in [0.25, 0.3) is 0 Å². The topological polar surface area (TPSA) is 32.8 Å². The van der Waals surface area contributed by atoms with Gasteiger partial charge in [-0.25, -0.2) is 0 Å². The Morgan fingerprint density at radius 2 is 1.92 bits per heavy atom. The predicted octanol–water partition coefficient (Wildman–Crippen LogP) is 2.58. The molecule has 3 rings (SSSR count). The third kappa shape index (κ3) is 5.32. The molecule has 2 saturated heterocycles. The highest BCUT2D eigenvalue weighted by atomic mass is 16.5. The van der Waals surface area contributed by atoms with E-state index in [1.807, 2.05) is 4.90 Å². The molecule has 0 aliphatic carbocycles. The van der Waals surface area contributed by atoms with Crippen molar-refractivity contribution in [1.29, 1.82) is 0 Å². The number of rotatable bonds is 6. The molecular formula is C20H30N2O2. The van der Waals surface area contributed by atoms with Crippen molar-refractivity contribution in [1.82, 2.24) is 9.80 Å². The lowest BCUT2D eigenvalue weighted by molar-refractivity contribution is -0.135. The van der Waals surface area contributed by atoms with Gasteiger partial charge in [-0.3, -0.25) is 4.79 Å². The summed E-state index contributed by atoms with van der Waals surface area (Å²) in [6, 6.07) is 10.7. The number of benzene rings is 1. The fraction of sp³-hybridized carbons (Fsp3) is 0.650. The largest absolute Gasteiger partial charge is 0.378 e. The van der Waals surface area contributed by atoms with Gasteiger partial charge in [-0.2, -0.15) is 0 Å². The van der Waals surface area contributed by atoms with Crippen LogP contribution in [0.1, 0.15) is 31.2 Å². The highest BCUT2D eigenvalue weighted by Crippen LogP contribution is 2.22. The fourth-order valence-electron chi connectivity index (χ4n) is 3.82. The van der Waals surface area contributed by atoms with Crippen LogP contribution in [0.5, 0.6) is 0 Å². The average Bonchev–Trinajstić information content (AvgIpc) is 2.66. The number of likely N-dealkylation sites (tertiary alicyclic amines) is 1. The van der Waals surface area contributed by atoms with Crippen LogP contribution in [-0.4, -0.2) is 61.6 Å². The lowest BCUT2D eigenvalue weighted by atomic mass is 9.93. The summed E-state index contributed by atoms with van der Waals surface area (Å²) in [5, 5.41) is 0. The van der Waals surface area contributed by atoms with Crippen molar-refractivity contribution in [2.45, 2.75) is 32.1 Å². The van der Waals surface area contributed by atoms with Gasteiger partial charge >= 0.3 is 0 Å². The smallest absolute Gasteiger partial charge is 0.222 e. The molecule has 2 heterocycles. The molecule has 0 aromatic heterocycles. The van der Waals surface area contributed by atoms with Crippen molar-refractivity contribution in [2.24, 2.45) is 5.92 Å². The van der Waals surface area contributed by atoms with Gasteiger partial charge in [0.15, 0.2) is 0 Å². The van der Waals surface area contributed by atoms with Crippen LogP contribution in [0.15, 0.2) is 30.3 Å². The molecule has 132 valence electrons. The van der Waals surface area contributed by atoms with Crippen LogP contribution in [0.4, 0.5) is 0 Å². The van der Waals surface area contributed by atoms with Crippen molar-refractivity contribution in [2.75, 3.05) is 45.9 Å². The van der Waals surface area contributed by atoms with Crippen LogP contribution in [0.3, 0.4) is 0 Å². The molecule has 0 saturated carbocycles. The van der Waals surface area contributed by atoms with Crippen LogP contribution in [0, 0.1) is 5.92 Å². The maximum Gasteiger partial charge on any atom is 0.222 e. The van der Waals surface area contributed by atoms with E-state index in [1.165, 1.54) is 24.9 Å². The minimum Gasteiger partial charge on any atom is -0.378 e. The molecular weight excluding hydrogens is 300 g/mol. The van der Waals surface area contributed by atoms with Crippen molar-refractivity contribution >= 4 is 5.91 Å². The average molecular weight is 330 g/mol. The molecule has 0 spiro atoms. The number of piperidine rings is 1. The highest BCUT2D eigenvalue weighted by molar-refractivity contribution is 5.76. The quantitative estimate of drug-likeness (QED) is 0.804. The van der Waals surface area contributed by atoms with Gasteiger partial charge in [0.05, 0.1) is 13.2 Å². The standard InChI is InChI=1S/C20H30N2O2/c23-20(22-13-15-24-16-14-22)9-8-19-7-4-11-21(17-19)12-10-18-5-2-1-3-6-18/h1-3,5-6,19H,4,7-17H2/t19-/m0/s1. The van der Waals surface area contributed by atoms with Gasteiger partial charge in [0.1, 0.15) is 0 Å². The Morgan fingerprint density at radius 1 is 1.12 bits per heavy atom. The summed E-state index contributed by atoms with van der Waals surface area (Å²) in [6.07, 6.45) is 5.42. The van der Waals surface area contributed by atoms with Crippen molar-refractivity contribution in [3.05, 3.63) is 35.9 Å². The van der Waals surface area contributed by atoms with E-state index in [1.54, 1.807) is 0 Å². The Labute approximate surface area is 145 Å². The molecule has 2 fully saturated rings. The summed E-state index contributed by atoms with van der Waals surface area (Å²) in [5.74, 6) is 0.999. The van der Waals surface area contributed by atoms with Gasteiger partial charge in [-0.15, -0.1) is 0 Å². The normalized spacial score (nSPS) is 22.5. The van der Waals surface area contributed by atoms with E-state index >= 15 is 0 Å². The number of nitrogens with zero attached hydrogens (tertiary/aromatic N) is 2. The van der Waals surface area contributed by atoms with Gasteiger partial charge in [-0.05, 0) is 43.7 Å². The molecule has 0 bridgehead atoms. The number of carbonyl (C=O) groups excluding carboxylic acids is 1. The van der Waals surface area contributed by atoms with E-state index in [2.05, 4.69) is 35.2 Å². The van der Waals surface area contributed by atoms with E-state index in [-0.39, 0.29) is 0 Å². The molecule has 1 amide bonds. The van der Waals surface area contributed by atoms with Crippen LogP contribution >= 0.6 is 0 Å². The second-order valence-corrected chi connectivity index (χ2v) is 7.08. The first kappa shape index (κ1) is 17.4. The van der Waals surface area contributed by atoms with Crippen LogP contribution in [0.25, 0.3) is 0 Å². The number of ether oxygens (including phenoxy) is 1. The number of carbonyl (C=O) groups is 1. The summed E-state index contributed by atoms with van der Waals surface area (Å²) in [5.41, 5.74) is 1.42. The SMILES string of the molecule is O=C(CC[C@@H]1CCCN(CCc2ccccc2)C1)N1CCOCC1. The maximum absolute atomic E-state index is 12.3. The molecule has 2 aliphatic heterocycles. The third-order valence-electron chi connectivity index (χ3n) is 5.29. The monoisotopic (exact) mass is 330 g/mol. The zero-order valence-corrected chi connectivity index (χ0v) is 14.7. The molecule has 0 N–H and O–H groups in total. The molecule has 2 aliphatic rings. The number of amides is 1. The summed E-state index contributed by atoms with van der Waals surface area (Å²) >= 11 is 0. The van der Waals surface area contributed by atoms with E-state index in [9.17, 15) is 4.79 Å². The van der Waals surface area contributed by atoms with Crippen LogP contribution < -0.4 is 0 Å². The fourth-order valence-corrected chi connectivity index (χ4v) is 3.82. The van der Waals surface area contributed by atoms with Crippen molar-refractivity contribution in [3.8, 4) is 0 Å². The Balaban J connectivity index is 1.38. The third-order valence-corrected chi connectivity index (χ3v) is 5.29. The number of morpholine rings is 1. The molecule has 0 unspecified atom stereocenters. The van der Waals surface area contributed by atoms with Gasteiger partial charge in [0.2, 0.25) is 5.91 Å². The predicted molar refractivity (Wildman–Crippen MR) is 95.9 cm³/mol. The molecule has 1 aromatic rings. The zero-order chi connectivity index (χ0) is 16.6. The minimum absolute atomic E-state index is 0.319. The second kappa shape index (κ2) is 9.19. The Bertz CT molecular complexity index is 500. The summed E-state index contributed by atoms with van der Waals surface area (Å²) in [6.45, 7) is 6.44. The van der Waals surface area contributed by atoms with Gasteiger partial charge in [-0.1, -0.05) is 30.3 Å². The Kier molecular flexibility index (Phi) is 6.67. The first-order chi connectivity index (χ1) is 11.8. The summed E-state index contributed by atoms with van der Waals surface area (Å²) < 4.78 is 5.32. The number of hydrogen-bond acceptors (Lipinski definition) is 3. The molecule has 4 nitrogen and oxygen atoms in total. The maximum atomic E-state index is 12.3. The first-order valence-corrected chi connectivity index (χ1v) is 9.43. The molecule has 1 aromatic carbocycles. The Hall–Kier alpha value is -1.39. The van der Waals surface area contributed by atoms with Gasteiger partial charge in [0, 0.05) is 32.6 Å². The molecule has 24 heavy (non-hydrogen) atoms. The van der Waals surface area contributed by atoms with E-state index in [0.29, 0.717) is 31.5 Å². The highest BCUT2D eigenvalue weighted by Gasteiger charge is 2.22. The second-order valence-electron chi connectivity index (χ2n) is 7.08. The first-order valence-electron chi connectivity index (χ1n) is 9.43. The van der Waals surface area contributed by atoms with Crippen molar-refractivity contribution in [3.63, 3.8) is 0 Å². The van der Waals surface area contributed by atoms with Crippen LogP contribution in [0.2, 0.25) is 0 Å². The van der Waals surface area contributed by atoms with E-state index < -0.39 is 0 Å². The van der Waals surface area contributed by atoms with Crippen molar-refractivity contribution < 1.29 is 9.53 Å². The molecule has 4 heteroatoms. The summed E-state index contributed by atoms with van der Waals surface area (Å²) in [7, 11) is 0. The van der Waals surface area contributed by atoms with E-state index in [4.69, 9.17) is 4.74 Å². The Morgan fingerprint density at radius 3 is 2.71 bits per heavy atom. The molecule has 0 radical (unpaired) electrons. The lowest BCUT2D eigenvalue weighted by Gasteiger charge is -2.33. The van der Waals surface area contributed by atoms with E-state index in [0.717, 1.165) is 39.0 Å². The molecule has 1 atom stereocenters. The summed E-state index contributed by atoms with van der Waals surface area (Å²) in [4.78, 5) is 16.8. The van der Waals surface area contributed by atoms with Gasteiger partial charge < -0.3 is 14.5 Å². The lowest BCUT2D eigenvalue weighted by Crippen LogP contribution is -2.41. The van der Waals surface area contributed by atoms with Crippen LogP contribution in [-0.2, 0) is 16.0 Å². The zero-order valence-electron chi connectivity index (χ0n) is 14.7. The minimum atomic E-state index is 0.319.